The number of benzene rings is 2. The number of rotatable bonds is 7. The molecule has 6 heteroatoms. The van der Waals surface area contributed by atoms with Crippen molar-refractivity contribution in [3.8, 4) is 5.75 Å². The highest BCUT2D eigenvalue weighted by molar-refractivity contribution is 6.10. The second-order valence-electron chi connectivity index (χ2n) is 6.63. The third-order valence-electron chi connectivity index (χ3n) is 4.54. The summed E-state index contributed by atoms with van der Waals surface area (Å²) in [6, 6.07) is 9.30. The van der Waals surface area contributed by atoms with E-state index in [-0.39, 0.29) is 28.6 Å². The Morgan fingerprint density at radius 3 is 2.64 bits per heavy atom. The highest BCUT2D eigenvalue weighted by Gasteiger charge is 2.17. The molecular formula is C22H21FN2O3. The number of nitrogens with one attached hydrogen (secondary N) is 1. The first-order chi connectivity index (χ1) is 13.5. The number of nitrogens with zero attached hydrogens (tertiary/aromatic N) is 1. The van der Waals surface area contributed by atoms with Gasteiger partial charge in [-0.2, -0.15) is 0 Å². The van der Waals surface area contributed by atoms with Crippen molar-refractivity contribution in [2.45, 2.75) is 26.2 Å². The van der Waals surface area contributed by atoms with Crippen molar-refractivity contribution >= 4 is 23.1 Å². The number of fused-ring (bicyclic) bond motifs is 1. The molecule has 0 saturated carbocycles. The molecule has 0 fully saturated rings. The van der Waals surface area contributed by atoms with Crippen molar-refractivity contribution in [1.29, 1.82) is 0 Å². The van der Waals surface area contributed by atoms with Crippen LogP contribution in [0.1, 0.15) is 51.6 Å². The van der Waals surface area contributed by atoms with Gasteiger partial charge in [0.1, 0.15) is 11.3 Å². The largest absolute Gasteiger partial charge is 0.505 e. The Morgan fingerprint density at radius 1 is 1.21 bits per heavy atom. The molecule has 1 amide bonds. The molecule has 0 aliphatic heterocycles. The highest BCUT2D eigenvalue weighted by atomic mass is 19.1. The number of unbranched alkanes of at least 4 members (excludes halogenated alkanes) is 1. The molecule has 3 aromatic rings. The predicted octanol–water partition coefficient (Wildman–Crippen LogP) is 4.01. The normalized spacial score (nSPS) is 10.8. The Morgan fingerprint density at radius 2 is 1.96 bits per heavy atom. The van der Waals surface area contributed by atoms with Crippen LogP contribution in [0.25, 0.3) is 10.9 Å². The average molecular weight is 380 g/mol. The van der Waals surface area contributed by atoms with Crippen molar-refractivity contribution < 1.29 is 19.1 Å². The topological polar surface area (TPSA) is 79.3 Å². The van der Waals surface area contributed by atoms with E-state index in [1.807, 2.05) is 6.92 Å². The van der Waals surface area contributed by atoms with Crippen LogP contribution in [-0.4, -0.2) is 28.8 Å². The Balaban J connectivity index is 2.03. The quantitative estimate of drug-likeness (QED) is 0.479. The molecule has 2 N–H and O–H groups in total. The number of aromatic hydroxyl groups is 1. The molecule has 0 bridgehead atoms. The number of hydrogen-bond acceptors (Lipinski definition) is 4. The standard InChI is InChI=1S/C22H21FN2O3/c1-2-3-8-24-22(28)19-11-16(13-26)21(27)20-18(19)10-15(12-25-20)9-14-4-6-17(23)7-5-14/h4-7,10-13,27H,2-3,8-9H2,1H3,(H,24,28). The number of aldehydes is 1. The Labute approximate surface area is 162 Å². The second-order valence-corrected chi connectivity index (χ2v) is 6.63. The zero-order valence-electron chi connectivity index (χ0n) is 15.5. The van der Waals surface area contributed by atoms with Crippen molar-refractivity contribution in [3.63, 3.8) is 0 Å². The van der Waals surface area contributed by atoms with E-state index < -0.39 is 0 Å². The number of hydrogen-bond donors (Lipinski definition) is 2. The number of aromatic nitrogens is 1. The molecule has 144 valence electrons. The van der Waals surface area contributed by atoms with Crippen LogP contribution >= 0.6 is 0 Å². The molecule has 28 heavy (non-hydrogen) atoms. The first-order valence-corrected chi connectivity index (χ1v) is 9.16. The van der Waals surface area contributed by atoms with Crippen LogP contribution < -0.4 is 5.32 Å². The smallest absolute Gasteiger partial charge is 0.251 e. The minimum Gasteiger partial charge on any atom is -0.505 e. The minimum absolute atomic E-state index is 0.0203. The fourth-order valence-electron chi connectivity index (χ4n) is 3.03. The lowest BCUT2D eigenvalue weighted by molar-refractivity contribution is 0.0955. The van der Waals surface area contributed by atoms with Gasteiger partial charge in [-0.05, 0) is 48.2 Å². The third-order valence-corrected chi connectivity index (χ3v) is 4.54. The number of halogens is 1. The van der Waals surface area contributed by atoms with E-state index in [1.54, 1.807) is 24.4 Å². The highest BCUT2D eigenvalue weighted by Crippen LogP contribution is 2.30. The maximum atomic E-state index is 13.1. The van der Waals surface area contributed by atoms with Gasteiger partial charge in [0.25, 0.3) is 5.91 Å². The molecule has 0 aliphatic rings. The van der Waals surface area contributed by atoms with Crippen LogP contribution in [0.15, 0.2) is 42.6 Å². The van der Waals surface area contributed by atoms with Gasteiger partial charge in [-0.3, -0.25) is 14.6 Å². The monoisotopic (exact) mass is 380 g/mol. The van der Waals surface area contributed by atoms with Crippen LogP contribution in [0, 0.1) is 5.82 Å². The summed E-state index contributed by atoms with van der Waals surface area (Å²) in [5, 5.41) is 13.6. The Hall–Kier alpha value is -3.28. The number of carbonyl (C=O) groups excluding carboxylic acids is 2. The summed E-state index contributed by atoms with van der Waals surface area (Å²) in [4.78, 5) is 28.2. The summed E-state index contributed by atoms with van der Waals surface area (Å²) in [5.74, 6) is -0.872. The van der Waals surface area contributed by atoms with Gasteiger partial charge in [-0.15, -0.1) is 0 Å². The maximum Gasteiger partial charge on any atom is 0.251 e. The summed E-state index contributed by atoms with van der Waals surface area (Å²) in [7, 11) is 0. The van der Waals surface area contributed by atoms with Crippen LogP contribution in [0.5, 0.6) is 5.75 Å². The molecule has 2 aromatic carbocycles. The van der Waals surface area contributed by atoms with Gasteiger partial charge in [-0.1, -0.05) is 25.5 Å². The molecule has 1 heterocycles. The molecule has 5 nitrogen and oxygen atoms in total. The van der Waals surface area contributed by atoms with E-state index >= 15 is 0 Å². The van der Waals surface area contributed by atoms with Crippen molar-refractivity contribution in [2.24, 2.45) is 0 Å². The van der Waals surface area contributed by atoms with E-state index in [9.17, 15) is 19.1 Å². The van der Waals surface area contributed by atoms with Crippen LogP contribution in [0.2, 0.25) is 0 Å². The van der Waals surface area contributed by atoms with E-state index in [0.29, 0.717) is 30.2 Å². The van der Waals surface area contributed by atoms with E-state index in [4.69, 9.17) is 0 Å². The molecule has 0 atom stereocenters. The van der Waals surface area contributed by atoms with Gasteiger partial charge in [0, 0.05) is 23.7 Å². The first kappa shape index (κ1) is 19.5. The zero-order valence-corrected chi connectivity index (χ0v) is 15.5. The zero-order chi connectivity index (χ0) is 20.1. The number of amides is 1. The SMILES string of the molecule is CCCCNC(=O)c1cc(C=O)c(O)c2ncc(Cc3ccc(F)cc3)cc12. The van der Waals surface area contributed by atoms with Crippen LogP contribution in [0.3, 0.4) is 0 Å². The summed E-state index contributed by atoms with van der Waals surface area (Å²) >= 11 is 0. The third kappa shape index (κ3) is 4.17. The molecule has 0 unspecified atom stereocenters. The van der Waals surface area contributed by atoms with E-state index in [1.165, 1.54) is 18.2 Å². The predicted molar refractivity (Wildman–Crippen MR) is 105 cm³/mol. The summed E-state index contributed by atoms with van der Waals surface area (Å²) in [6.07, 6.45) is 4.37. The molecular weight excluding hydrogens is 359 g/mol. The van der Waals surface area contributed by atoms with E-state index in [2.05, 4.69) is 10.3 Å². The molecule has 1 aromatic heterocycles. The fourth-order valence-corrected chi connectivity index (χ4v) is 3.03. The van der Waals surface area contributed by atoms with Crippen LogP contribution in [0.4, 0.5) is 4.39 Å². The molecule has 0 spiro atoms. The Bertz CT molecular complexity index is 1020. The lowest BCUT2D eigenvalue weighted by Gasteiger charge is -2.12. The fraction of sp³-hybridized carbons (Fsp3) is 0.227. The molecule has 0 radical (unpaired) electrons. The van der Waals surface area contributed by atoms with E-state index in [0.717, 1.165) is 24.0 Å². The van der Waals surface area contributed by atoms with Gasteiger partial charge in [0.2, 0.25) is 0 Å². The van der Waals surface area contributed by atoms with Gasteiger partial charge in [0.05, 0.1) is 5.56 Å². The minimum atomic E-state index is -0.317. The maximum absolute atomic E-state index is 13.1. The lowest BCUT2D eigenvalue weighted by Crippen LogP contribution is -2.24. The number of phenols is 1. The van der Waals surface area contributed by atoms with Crippen molar-refractivity contribution in [2.75, 3.05) is 6.54 Å². The van der Waals surface area contributed by atoms with Gasteiger partial charge < -0.3 is 10.4 Å². The Kier molecular flexibility index (Phi) is 5.99. The number of carbonyl (C=O) groups is 2. The summed E-state index contributed by atoms with van der Waals surface area (Å²) in [6.45, 7) is 2.55. The first-order valence-electron chi connectivity index (χ1n) is 9.16. The van der Waals surface area contributed by atoms with Crippen LogP contribution in [-0.2, 0) is 6.42 Å². The summed E-state index contributed by atoms with van der Waals surface area (Å²) in [5.41, 5.74) is 2.21. The average Bonchev–Trinajstić information content (AvgIpc) is 2.70. The molecule has 0 aliphatic carbocycles. The van der Waals surface area contributed by atoms with Crippen molar-refractivity contribution in [3.05, 3.63) is 70.7 Å². The van der Waals surface area contributed by atoms with Gasteiger partial charge in [-0.25, -0.2) is 4.39 Å². The van der Waals surface area contributed by atoms with Gasteiger partial charge >= 0.3 is 0 Å². The number of phenolic OH excluding ortho intramolecular Hbond substituents is 1. The van der Waals surface area contributed by atoms with Gasteiger partial charge in [0.15, 0.2) is 12.0 Å². The molecule has 0 saturated heterocycles. The second kappa shape index (κ2) is 8.61. The number of pyridine rings is 1. The summed E-state index contributed by atoms with van der Waals surface area (Å²) < 4.78 is 13.1. The lowest BCUT2D eigenvalue weighted by atomic mass is 9.99. The molecule has 3 rings (SSSR count). The van der Waals surface area contributed by atoms with Crippen molar-refractivity contribution in [1.82, 2.24) is 10.3 Å².